The van der Waals surface area contributed by atoms with Crippen molar-refractivity contribution in [1.82, 2.24) is 19.5 Å². The van der Waals surface area contributed by atoms with Gasteiger partial charge in [0.15, 0.2) is 23.2 Å². The van der Waals surface area contributed by atoms with Crippen molar-refractivity contribution < 1.29 is 48.7 Å². The van der Waals surface area contributed by atoms with Crippen molar-refractivity contribution in [2.45, 2.75) is 81.1 Å². The minimum Gasteiger partial charge on any atom is -0.390 e. The van der Waals surface area contributed by atoms with E-state index in [9.17, 15) is 34.1 Å². The van der Waals surface area contributed by atoms with E-state index in [0.29, 0.717) is 18.3 Å². The van der Waals surface area contributed by atoms with Gasteiger partial charge >= 0.3 is 7.60 Å². The lowest BCUT2D eigenvalue weighted by Crippen LogP contribution is -2.63. The summed E-state index contributed by atoms with van der Waals surface area (Å²) < 4.78 is 30.4. The molecule has 5 fully saturated rings. The lowest BCUT2D eigenvalue weighted by atomic mass is 9.46. The van der Waals surface area contributed by atoms with Gasteiger partial charge < -0.3 is 45.8 Å². The summed E-state index contributed by atoms with van der Waals surface area (Å²) in [4.78, 5) is 54.1. The monoisotopic (exact) mass is 664 g/mol. The number of nitrogens with one attached hydrogen (secondary N) is 1. The predicted molar refractivity (Wildman–Crippen MR) is 151 cm³/mol. The maximum atomic E-state index is 13.5. The number of halogens is 1. The second-order valence-corrected chi connectivity index (χ2v) is 17.8. The molecule has 0 spiro atoms. The van der Waals surface area contributed by atoms with Gasteiger partial charge in [0.2, 0.25) is 18.6 Å². The third kappa shape index (κ3) is 6.05. The number of aliphatic hydroxyl groups excluding tert-OH is 2. The zero-order chi connectivity index (χ0) is 31.1. The molecule has 1 amide bonds. The number of carbonyl (C=O) groups is 1. The first-order chi connectivity index (χ1) is 20.0. The number of anilines is 1. The normalized spacial score (nSPS) is 37.5. The van der Waals surface area contributed by atoms with Crippen LogP contribution in [-0.4, -0.2) is 97.4 Å². The summed E-state index contributed by atoms with van der Waals surface area (Å²) in [6.45, 7) is 0. The lowest BCUT2D eigenvalue weighted by molar-refractivity contribution is -0.172. The molecule has 2 aromatic rings. The fourth-order valence-electron chi connectivity index (χ4n) is 8.17. The van der Waals surface area contributed by atoms with Gasteiger partial charge in [0, 0.05) is 6.16 Å². The molecule has 2 aromatic heterocycles. The highest BCUT2D eigenvalue weighted by Gasteiger charge is 2.60. The maximum absolute atomic E-state index is 13.5. The third-order valence-corrected chi connectivity index (χ3v) is 13.8. The SMILES string of the molecule is NC(C(=O)Nc1nc(Cl)nc2c1ncn2[C@@H]1O[C@H](CCP(=O)(O)CP(=O)(O)O)C(O)[C@@H]1O)C12CC3C[C@@H](CC(O)(C3)C1)C2. The van der Waals surface area contributed by atoms with Crippen LogP contribution in [0.3, 0.4) is 0 Å². The minimum atomic E-state index is -4.75. The minimum absolute atomic E-state index is 0.0270. The van der Waals surface area contributed by atoms with Crippen LogP contribution < -0.4 is 11.1 Å². The molecule has 238 valence electrons. The number of nitrogens with two attached hydrogens (primary N) is 1. The third-order valence-electron chi connectivity index (χ3n) is 9.43. The van der Waals surface area contributed by atoms with E-state index in [-0.39, 0.29) is 28.7 Å². The van der Waals surface area contributed by atoms with Gasteiger partial charge in [0.05, 0.1) is 24.1 Å². The van der Waals surface area contributed by atoms with Crippen LogP contribution >= 0.6 is 26.6 Å². The lowest BCUT2D eigenvalue weighted by Gasteiger charge is -2.61. The summed E-state index contributed by atoms with van der Waals surface area (Å²) in [6.07, 6.45) is -0.574. The summed E-state index contributed by atoms with van der Waals surface area (Å²) >= 11 is 6.19. The number of rotatable bonds is 9. The van der Waals surface area contributed by atoms with E-state index in [1.165, 1.54) is 10.9 Å². The first kappa shape index (κ1) is 31.4. The highest BCUT2D eigenvalue weighted by atomic mass is 35.5. The van der Waals surface area contributed by atoms with Crippen molar-refractivity contribution in [3.8, 4) is 0 Å². The molecule has 0 aromatic carbocycles. The van der Waals surface area contributed by atoms with Crippen molar-refractivity contribution in [1.29, 1.82) is 0 Å². The van der Waals surface area contributed by atoms with Crippen molar-refractivity contribution >= 4 is 49.5 Å². The second kappa shape index (κ2) is 10.8. The fraction of sp³-hybridized carbons (Fsp3) is 0.750. The average Bonchev–Trinajstić information content (AvgIpc) is 3.40. The van der Waals surface area contributed by atoms with E-state index in [1.54, 1.807) is 0 Å². The standard InChI is InChI=1S/C24H35ClN6O10P2/c25-22-29-18(28-20(34)17(26)23-4-11-3-12(5-23)7-24(35,6-11)8-23)14-19(30-22)31(9-27-14)21-16(33)15(32)13(41-21)1-2-42(36,37)10-43(38,39)40/h9,11-13,15-17,21,32-33,35H,1-8,10,26H2,(H,36,37)(H2,38,39,40)(H,28,29,30,34)/t11-,12?,13-,15?,16+,17?,21-,23?,24?/m1/s1. The van der Waals surface area contributed by atoms with Gasteiger partial charge in [-0.05, 0) is 73.8 Å². The Morgan fingerprint density at radius 3 is 2.47 bits per heavy atom. The second-order valence-electron chi connectivity index (χ2n) is 12.9. The van der Waals surface area contributed by atoms with Crippen LogP contribution in [0.1, 0.15) is 51.2 Å². The molecule has 3 heterocycles. The maximum Gasteiger partial charge on any atom is 0.335 e. The van der Waals surface area contributed by atoms with E-state index >= 15 is 0 Å². The molecule has 4 bridgehead atoms. The molecule has 1 saturated heterocycles. The quantitative estimate of drug-likeness (QED) is 0.134. The van der Waals surface area contributed by atoms with E-state index in [0.717, 1.165) is 32.1 Å². The van der Waals surface area contributed by atoms with Gasteiger partial charge in [-0.15, -0.1) is 0 Å². The largest absolute Gasteiger partial charge is 0.390 e. The zero-order valence-electron chi connectivity index (χ0n) is 22.9. The fourth-order valence-corrected chi connectivity index (χ4v) is 11.9. The number of hydrogen-bond acceptors (Lipinski definition) is 11. The molecular formula is C24H35ClN6O10P2. The van der Waals surface area contributed by atoms with E-state index in [4.69, 9.17) is 31.9 Å². The average molecular weight is 665 g/mol. The summed E-state index contributed by atoms with van der Waals surface area (Å²) in [6, 6.07) is -0.917. The number of fused-ring (bicyclic) bond motifs is 1. The summed E-state index contributed by atoms with van der Waals surface area (Å²) in [5.74, 6) is -1.09. The molecule has 9 N–H and O–H groups in total. The Labute approximate surface area is 250 Å². The first-order valence-electron chi connectivity index (χ1n) is 14.0. The van der Waals surface area contributed by atoms with Gasteiger partial charge in [0.1, 0.15) is 18.1 Å². The van der Waals surface area contributed by atoms with Crippen molar-refractivity contribution in [2.24, 2.45) is 23.0 Å². The Morgan fingerprint density at radius 2 is 1.84 bits per heavy atom. The number of carbonyl (C=O) groups excluding carboxylic acids is 1. The molecule has 10 atom stereocenters. The van der Waals surface area contributed by atoms with Crippen LogP contribution in [-0.2, 0) is 18.7 Å². The topological polar surface area (TPSA) is 263 Å². The van der Waals surface area contributed by atoms with Crippen molar-refractivity contribution in [3.63, 3.8) is 0 Å². The Morgan fingerprint density at radius 1 is 1.16 bits per heavy atom. The Bertz CT molecular complexity index is 1520. The number of ether oxygens (including phenoxy) is 1. The smallest absolute Gasteiger partial charge is 0.335 e. The number of aromatic nitrogens is 4. The Balaban J connectivity index is 1.20. The summed E-state index contributed by atoms with van der Waals surface area (Å²) in [5, 5.41) is 34.9. The first-order valence-corrected chi connectivity index (χ1v) is 18.2. The van der Waals surface area contributed by atoms with Crippen LogP contribution in [0, 0.1) is 17.3 Å². The van der Waals surface area contributed by atoms with Gasteiger partial charge in [-0.1, -0.05) is 0 Å². The number of amides is 1. The van der Waals surface area contributed by atoms with Crippen LogP contribution in [0.25, 0.3) is 11.2 Å². The summed E-state index contributed by atoms with van der Waals surface area (Å²) in [7, 11) is -9.00. The van der Waals surface area contributed by atoms with E-state index in [1.807, 2.05) is 0 Å². The molecular weight excluding hydrogens is 630 g/mol. The molecule has 7 rings (SSSR count). The number of imidazole rings is 1. The van der Waals surface area contributed by atoms with E-state index < -0.39 is 74.5 Å². The molecule has 43 heavy (non-hydrogen) atoms. The molecule has 0 radical (unpaired) electrons. The van der Waals surface area contributed by atoms with Gasteiger partial charge in [-0.2, -0.15) is 9.97 Å². The van der Waals surface area contributed by atoms with E-state index in [2.05, 4.69) is 20.3 Å². The Hall–Kier alpha value is -1.55. The van der Waals surface area contributed by atoms with Crippen molar-refractivity contribution in [2.75, 3.05) is 17.4 Å². The van der Waals surface area contributed by atoms with Gasteiger partial charge in [0.25, 0.3) is 0 Å². The van der Waals surface area contributed by atoms with Crippen LogP contribution in [0.5, 0.6) is 0 Å². The van der Waals surface area contributed by atoms with Crippen LogP contribution in [0.2, 0.25) is 5.28 Å². The van der Waals surface area contributed by atoms with Crippen LogP contribution in [0.4, 0.5) is 5.82 Å². The Kier molecular flexibility index (Phi) is 7.87. The zero-order valence-corrected chi connectivity index (χ0v) is 25.5. The molecule has 4 aliphatic carbocycles. The van der Waals surface area contributed by atoms with Gasteiger partial charge in [-0.25, -0.2) is 4.98 Å². The number of aliphatic hydroxyl groups is 3. The molecule has 6 unspecified atom stereocenters. The summed E-state index contributed by atoms with van der Waals surface area (Å²) in [5.41, 5.74) is 5.39. The molecule has 1 aliphatic heterocycles. The highest BCUT2D eigenvalue weighted by Crippen LogP contribution is 2.62. The van der Waals surface area contributed by atoms with Crippen LogP contribution in [0.15, 0.2) is 6.33 Å². The highest BCUT2D eigenvalue weighted by molar-refractivity contribution is 7.72. The van der Waals surface area contributed by atoms with Gasteiger partial charge in [-0.3, -0.25) is 18.5 Å². The molecule has 16 nitrogen and oxygen atoms in total. The number of hydrogen-bond donors (Lipinski definition) is 8. The predicted octanol–water partition coefficient (Wildman–Crippen LogP) is 0.492. The number of nitrogens with zero attached hydrogens (tertiary/aromatic N) is 4. The molecule has 5 aliphatic rings. The molecule has 4 saturated carbocycles. The van der Waals surface area contributed by atoms with Crippen molar-refractivity contribution in [3.05, 3.63) is 11.6 Å². The molecule has 19 heteroatoms.